The third-order valence-corrected chi connectivity index (χ3v) is 8.13. The maximum Gasteiger partial charge on any atom is 0.180 e. The monoisotopic (exact) mass is 431 g/mol. The summed E-state index contributed by atoms with van der Waals surface area (Å²) in [7, 11) is 3.14. The molecule has 0 bridgehead atoms. The summed E-state index contributed by atoms with van der Waals surface area (Å²) in [5.74, 6) is 1.73. The van der Waals surface area contributed by atoms with Gasteiger partial charge >= 0.3 is 0 Å². The molecule has 0 heterocycles. The molecule has 0 aromatic heterocycles. The van der Waals surface area contributed by atoms with E-state index in [1.54, 1.807) is 26.0 Å². The molecule has 4 rings (SSSR count). The molecular formula is C26H23O2S2+. The van der Waals surface area contributed by atoms with Gasteiger partial charge in [0.05, 0.1) is 19.1 Å². The van der Waals surface area contributed by atoms with E-state index < -0.39 is 0 Å². The summed E-state index contributed by atoms with van der Waals surface area (Å²) in [5, 5.41) is 0. The molecule has 4 aromatic carbocycles. The number of benzene rings is 4. The fraction of sp³-hybridized carbons (Fsp3) is 0.0769. The van der Waals surface area contributed by atoms with Crippen molar-refractivity contribution in [2.24, 2.45) is 0 Å². The largest absolute Gasteiger partial charge is 0.497 e. The molecule has 2 nitrogen and oxygen atoms in total. The van der Waals surface area contributed by atoms with Gasteiger partial charge in [-0.2, -0.15) is 0 Å². The lowest BCUT2D eigenvalue weighted by Gasteiger charge is -2.12. The van der Waals surface area contributed by atoms with Gasteiger partial charge in [-0.05, 0) is 72.8 Å². The van der Waals surface area contributed by atoms with Crippen molar-refractivity contribution in [2.75, 3.05) is 14.2 Å². The van der Waals surface area contributed by atoms with Crippen LogP contribution >= 0.6 is 11.8 Å². The van der Waals surface area contributed by atoms with E-state index in [0.29, 0.717) is 0 Å². The van der Waals surface area contributed by atoms with Crippen LogP contribution in [0.15, 0.2) is 128 Å². The predicted molar refractivity (Wildman–Crippen MR) is 125 cm³/mol. The zero-order chi connectivity index (χ0) is 20.8. The van der Waals surface area contributed by atoms with Gasteiger partial charge in [0.1, 0.15) is 22.4 Å². The van der Waals surface area contributed by atoms with E-state index in [9.17, 15) is 0 Å². The minimum atomic E-state index is -0.252. The Balaban J connectivity index is 1.81. The van der Waals surface area contributed by atoms with E-state index in [4.69, 9.17) is 9.47 Å². The van der Waals surface area contributed by atoms with Gasteiger partial charge in [-0.15, -0.1) is 0 Å². The summed E-state index contributed by atoms with van der Waals surface area (Å²) in [5.41, 5.74) is 0. The van der Waals surface area contributed by atoms with Crippen LogP contribution in [0.3, 0.4) is 0 Å². The molecule has 0 amide bonds. The topological polar surface area (TPSA) is 18.5 Å². The van der Waals surface area contributed by atoms with Gasteiger partial charge in [0.25, 0.3) is 0 Å². The quantitative estimate of drug-likeness (QED) is 0.295. The first-order valence-electron chi connectivity index (χ1n) is 9.63. The van der Waals surface area contributed by atoms with Crippen molar-refractivity contribution in [2.45, 2.75) is 24.5 Å². The number of methoxy groups -OCH3 is 2. The Labute approximate surface area is 185 Å². The molecule has 30 heavy (non-hydrogen) atoms. The van der Waals surface area contributed by atoms with Gasteiger partial charge in [0.15, 0.2) is 14.7 Å². The number of hydrogen-bond acceptors (Lipinski definition) is 3. The van der Waals surface area contributed by atoms with Crippen LogP contribution in [0.25, 0.3) is 0 Å². The van der Waals surface area contributed by atoms with E-state index in [1.807, 2.05) is 24.3 Å². The molecule has 150 valence electrons. The zero-order valence-corrected chi connectivity index (χ0v) is 18.6. The van der Waals surface area contributed by atoms with Crippen molar-refractivity contribution in [3.05, 3.63) is 103 Å². The molecule has 4 heteroatoms. The van der Waals surface area contributed by atoms with Crippen LogP contribution in [0, 0.1) is 0 Å². The number of ether oxygens (including phenoxy) is 2. The minimum Gasteiger partial charge on any atom is -0.497 e. The van der Waals surface area contributed by atoms with Crippen molar-refractivity contribution in [3.63, 3.8) is 0 Å². The molecule has 0 radical (unpaired) electrons. The highest BCUT2D eigenvalue weighted by Crippen LogP contribution is 2.40. The summed E-state index contributed by atoms with van der Waals surface area (Å²) in [4.78, 5) is 6.31. The van der Waals surface area contributed by atoms with E-state index >= 15 is 0 Å². The summed E-state index contributed by atoms with van der Waals surface area (Å²) < 4.78 is 10.8. The smallest absolute Gasteiger partial charge is 0.180 e. The van der Waals surface area contributed by atoms with Crippen LogP contribution in [-0.4, -0.2) is 14.2 Å². The fourth-order valence-electron chi connectivity index (χ4n) is 3.13. The van der Waals surface area contributed by atoms with E-state index in [2.05, 4.69) is 78.9 Å². The molecule has 0 aliphatic rings. The van der Waals surface area contributed by atoms with Crippen LogP contribution in [0.2, 0.25) is 0 Å². The lowest BCUT2D eigenvalue weighted by atomic mass is 10.3. The second-order valence-electron chi connectivity index (χ2n) is 6.52. The van der Waals surface area contributed by atoms with Gasteiger partial charge in [0, 0.05) is 4.90 Å². The summed E-state index contributed by atoms with van der Waals surface area (Å²) >= 11 is 1.80. The Morgan fingerprint density at radius 2 is 1.07 bits per heavy atom. The number of hydrogen-bond donors (Lipinski definition) is 0. The maximum atomic E-state index is 5.38. The Morgan fingerprint density at radius 3 is 1.60 bits per heavy atom. The Kier molecular flexibility index (Phi) is 6.67. The van der Waals surface area contributed by atoms with Crippen molar-refractivity contribution in [1.29, 1.82) is 0 Å². The van der Waals surface area contributed by atoms with Crippen LogP contribution in [0.4, 0.5) is 0 Å². The Bertz CT molecular complexity index is 1030. The summed E-state index contributed by atoms with van der Waals surface area (Å²) in [6, 6.07) is 36.0. The molecule has 0 fully saturated rings. The lowest BCUT2D eigenvalue weighted by Crippen LogP contribution is -2.06. The molecule has 0 saturated carbocycles. The zero-order valence-electron chi connectivity index (χ0n) is 16.9. The first kappa shape index (κ1) is 20.5. The third-order valence-electron chi connectivity index (χ3n) is 4.63. The SMILES string of the molecule is COc1ccc([S+](c2ccc(OC)cc2)c2ccccc2Sc2ccccc2)cc1. The maximum absolute atomic E-state index is 5.38. The average Bonchev–Trinajstić information content (AvgIpc) is 2.82. The first-order chi connectivity index (χ1) is 14.8. The van der Waals surface area contributed by atoms with Gasteiger partial charge in [-0.3, -0.25) is 0 Å². The average molecular weight is 432 g/mol. The second-order valence-corrected chi connectivity index (χ2v) is 9.63. The summed E-state index contributed by atoms with van der Waals surface area (Å²) in [6.07, 6.45) is 0. The molecule has 0 unspecified atom stereocenters. The normalized spacial score (nSPS) is 10.8. The number of rotatable bonds is 7. The van der Waals surface area contributed by atoms with Crippen molar-refractivity contribution < 1.29 is 9.47 Å². The van der Waals surface area contributed by atoms with Crippen LogP contribution in [0.1, 0.15) is 0 Å². The van der Waals surface area contributed by atoms with E-state index in [1.165, 1.54) is 24.5 Å². The lowest BCUT2D eigenvalue weighted by molar-refractivity contribution is 0.414. The van der Waals surface area contributed by atoms with Crippen LogP contribution < -0.4 is 9.47 Å². The molecular weight excluding hydrogens is 408 g/mol. The van der Waals surface area contributed by atoms with Crippen molar-refractivity contribution in [1.82, 2.24) is 0 Å². The predicted octanol–water partition coefficient (Wildman–Crippen LogP) is 6.95. The Hall–Kier alpha value is -2.82. The van der Waals surface area contributed by atoms with Gasteiger partial charge in [0.2, 0.25) is 0 Å². The molecule has 0 N–H and O–H groups in total. The molecule has 0 aliphatic heterocycles. The molecule has 4 aromatic rings. The van der Waals surface area contributed by atoms with Gasteiger partial charge < -0.3 is 9.47 Å². The van der Waals surface area contributed by atoms with E-state index in [0.717, 1.165) is 11.5 Å². The fourth-order valence-corrected chi connectivity index (χ4v) is 6.45. The van der Waals surface area contributed by atoms with Crippen LogP contribution in [0.5, 0.6) is 11.5 Å². The summed E-state index contributed by atoms with van der Waals surface area (Å²) in [6.45, 7) is 0. The highest BCUT2D eigenvalue weighted by molar-refractivity contribution is 8.01. The standard InChI is InChI=1S/C26H23O2S2/c1-27-20-12-16-23(17-13-20)30(24-18-14-21(28-2)15-19-24)26-11-7-6-10-25(26)29-22-8-4-3-5-9-22/h3-19H,1-2H3/q+1. The minimum absolute atomic E-state index is 0.252. The molecule has 0 saturated heterocycles. The second kappa shape index (κ2) is 9.79. The van der Waals surface area contributed by atoms with E-state index in [-0.39, 0.29) is 10.9 Å². The molecule has 0 atom stereocenters. The molecule has 0 aliphatic carbocycles. The van der Waals surface area contributed by atoms with Crippen molar-refractivity contribution >= 4 is 22.7 Å². The first-order valence-corrected chi connectivity index (χ1v) is 11.7. The third kappa shape index (κ3) is 4.66. The van der Waals surface area contributed by atoms with Crippen molar-refractivity contribution in [3.8, 4) is 11.5 Å². The molecule has 0 spiro atoms. The highest BCUT2D eigenvalue weighted by Gasteiger charge is 2.31. The Morgan fingerprint density at radius 1 is 0.567 bits per heavy atom. The highest BCUT2D eigenvalue weighted by atomic mass is 32.2. The van der Waals surface area contributed by atoms with Gasteiger partial charge in [-0.1, -0.05) is 42.1 Å². The van der Waals surface area contributed by atoms with Gasteiger partial charge in [-0.25, -0.2) is 0 Å². The van der Waals surface area contributed by atoms with Crippen LogP contribution in [-0.2, 0) is 10.9 Å².